The number of nitrogens with zero attached hydrogens (tertiary/aromatic N) is 3. The number of nitrogens with one attached hydrogen (secondary N) is 3. The number of rotatable bonds is 4. The van der Waals surface area contributed by atoms with Crippen molar-refractivity contribution in [3.05, 3.63) is 60.8 Å². The summed E-state index contributed by atoms with van der Waals surface area (Å²) in [6.07, 6.45) is 7.12. The highest BCUT2D eigenvalue weighted by molar-refractivity contribution is 6.04. The highest BCUT2D eigenvalue weighted by atomic mass is 16.1. The molecule has 0 spiro atoms. The standard InChI is InChI=1S/C19H20N6O/c26-19(16-3-1-2-15(23-16)14-4-6-21-12-14)24-17-13-22-7-5-18(17)25-10-8-20-9-11-25/h1-7,12-13,20-21H,8-11H2,(H,24,26). The molecule has 0 aromatic carbocycles. The molecule has 0 radical (unpaired) electrons. The van der Waals surface area contributed by atoms with Crippen molar-refractivity contribution >= 4 is 17.3 Å². The van der Waals surface area contributed by atoms with Crippen molar-refractivity contribution in [1.29, 1.82) is 0 Å². The quantitative estimate of drug-likeness (QED) is 0.672. The van der Waals surface area contributed by atoms with Crippen LogP contribution in [0.4, 0.5) is 11.4 Å². The fraction of sp³-hybridized carbons (Fsp3) is 0.211. The zero-order chi connectivity index (χ0) is 17.8. The zero-order valence-corrected chi connectivity index (χ0v) is 14.3. The first-order valence-electron chi connectivity index (χ1n) is 8.62. The van der Waals surface area contributed by atoms with Crippen LogP contribution < -0.4 is 15.5 Å². The molecular weight excluding hydrogens is 328 g/mol. The first-order valence-corrected chi connectivity index (χ1v) is 8.62. The Bertz CT molecular complexity index is 887. The molecule has 7 nitrogen and oxygen atoms in total. The van der Waals surface area contributed by atoms with Crippen LogP contribution in [0.3, 0.4) is 0 Å². The average Bonchev–Trinajstić information content (AvgIpc) is 3.24. The molecule has 1 aliphatic rings. The third-order valence-electron chi connectivity index (χ3n) is 4.38. The van der Waals surface area contributed by atoms with E-state index in [9.17, 15) is 4.79 Å². The predicted octanol–water partition coefficient (Wildman–Crippen LogP) is 2.13. The maximum absolute atomic E-state index is 12.7. The second-order valence-electron chi connectivity index (χ2n) is 6.09. The summed E-state index contributed by atoms with van der Waals surface area (Å²) in [6.45, 7) is 3.65. The Balaban J connectivity index is 1.56. The lowest BCUT2D eigenvalue weighted by atomic mass is 10.2. The van der Waals surface area contributed by atoms with Crippen molar-refractivity contribution in [2.24, 2.45) is 0 Å². The summed E-state index contributed by atoms with van der Waals surface area (Å²) >= 11 is 0. The molecular formula is C19H20N6O. The zero-order valence-electron chi connectivity index (χ0n) is 14.3. The molecule has 132 valence electrons. The summed E-state index contributed by atoms with van der Waals surface area (Å²) < 4.78 is 0. The molecule has 0 saturated carbocycles. The Morgan fingerprint density at radius 3 is 2.85 bits per heavy atom. The van der Waals surface area contributed by atoms with Gasteiger partial charge in [-0.3, -0.25) is 9.78 Å². The van der Waals surface area contributed by atoms with Crippen LogP contribution in [0.5, 0.6) is 0 Å². The number of H-pyrrole nitrogens is 1. The molecule has 4 heterocycles. The van der Waals surface area contributed by atoms with Gasteiger partial charge in [-0.1, -0.05) is 6.07 Å². The number of aromatic amines is 1. The van der Waals surface area contributed by atoms with Crippen molar-refractivity contribution in [2.45, 2.75) is 0 Å². The number of pyridine rings is 2. The van der Waals surface area contributed by atoms with Crippen LogP contribution in [0.25, 0.3) is 11.3 Å². The number of carbonyl (C=O) groups is 1. The minimum absolute atomic E-state index is 0.244. The maximum atomic E-state index is 12.7. The molecule has 1 fully saturated rings. The lowest BCUT2D eigenvalue weighted by molar-refractivity contribution is 0.102. The van der Waals surface area contributed by atoms with Crippen LogP contribution in [0.15, 0.2) is 55.1 Å². The second kappa shape index (κ2) is 7.37. The van der Waals surface area contributed by atoms with Crippen LogP contribution in [0, 0.1) is 0 Å². The van der Waals surface area contributed by atoms with Gasteiger partial charge in [-0.2, -0.15) is 0 Å². The van der Waals surface area contributed by atoms with E-state index in [1.165, 1.54) is 0 Å². The van der Waals surface area contributed by atoms with Crippen LogP contribution in [0.2, 0.25) is 0 Å². The van der Waals surface area contributed by atoms with Gasteiger partial charge in [-0.05, 0) is 24.3 Å². The lowest BCUT2D eigenvalue weighted by Crippen LogP contribution is -2.43. The van der Waals surface area contributed by atoms with Crippen molar-refractivity contribution in [3.63, 3.8) is 0 Å². The SMILES string of the molecule is O=C(Nc1cnccc1N1CCNCC1)c1cccc(-c2cc[nH]c2)n1. The van der Waals surface area contributed by atoms with Crippen LogP contribution >= 0.6 is 0 Å². The summed E-state index contributed by atoms with van der Waals surface area (Å²) in [5.74, 6) is -0.244. The number of piperazine rings is 1. The van der Waals surface area contributed by atoms with E-state index in [4.69, 9.17) is 0 Å². The van der Waals surface area contributed by atoms with Crippen molar-refractivity contribution in [1.82, 2.24) is 20.3 Å². The van der Waals surface area contributed by atoms with Crippen molar-refractivity contribution in [3.8, 4) is 11.3 Å². The van der Waals surface area contributed by atoms with E-state index in [1.807, 2.05) is 36.7 Å². The number of hydrogen-bond acceptors (Lipinski definition) is 5. The average molecular weight is 348 g/mol. The Labute approximate surface area is 151 Å². The summed E-state index contributed by atoms with van der Waals surface area (Å²) in [5, 5.41) is 6.30. The molecule has 4 rings (SSSR count). The first-order chi connectivity index (χ1) is 12.8. The fourth-order valence-electron chi connectivity index (χ4n) is 3.06. The molecule has 7 heteroatoms. The molecule has 0 bridgehead atoms. The van der Waals surface area contributed by atoms with E-state index in [1.54, 1.807) is 18.5 Å². The smallest absolute Gasteiger partial charge is 0.274 e. The third kappa shape index (κ3) is 3.43. The van der Waals surface area contributed by atoms with E-state index in [0.717, 1.165) is 43.1 Å². The normalized spacial score (nSPS) is 14.2. The Morgan fingerprint density at radius 2 is 2.04 bits per heavy atom. The molecule has 3 aromatic heterocycles. The summed E-state index contributed by atoms with van der Waals surface area (Å²) in [5.41, 5.74) is 3.76. The molecule has 0 unspecified atom stereocenters. The minimum Gasteiger partial charge on any atom is -0.367 e. The van der Waals surface area contributed by atoms with Gasteiger partial charge < -0.3 is 20.5 Å². The molecule has 26 heavy (non-hydrogen) atoms. The van der Waals surface area contributed by atoms with Crippen LogP contribution in [0.1, 0.15) is 10.5 Å². The molecule has 3 aromatic rings. The Kier molecular flexibility index (Phi) is 4.61. The summed E-state index contributed by atoms with van der Waals surface area (Å²) in [4.78, 5) is 26.6. The van der Waals surface area contributed by atoms with Crippen LogP contribution in [-0.2, 0) is 0 Å². The summed E-state index contributed by atoms with van der Waals surface area (Å²) in [6, 6.07) is 9.30. The van der Waals surface area contributed by atoms with Crippen molar-refractivity contribution in [2.75, 3.05) is 36.4 Å². The largest absolute Gasteiger partial charge is 0.367 e. The van der Waals surface area contributed by atoms with Gasteiger partial charge in [0, 0.05) is 50.3 Å². The highest BCUT2D eigenvalue weighted by Gasteiger charge is 2.17. The first kappa shape index (κ1) is 16.3. The highest BCUT2D eigenvalue weighted by Crippen LogP contribution is 2.25. The number of amides is 1. The Morgan fingerprint density at radius 1 is 1.15 bits per heavy atom. The second-order valence-corrected chi connectivity index (χ2v) is 6.09. The van der Waals surface area contributed by atoms with Gasteiger partial charge in [-0.15, -0.1) is 0 Å². The molecule has 1 amide bonds. The van der Waals surface area contributed by atoms with Gasteiger partial charge in [-0.25, -0.2) is 4.98 Å². The van der Waals surface area contributed by atoms with Gasteiger partial charge in [0.1, 0.15) is 5.69 Å². The Hall–Kier alpha value is -3.19. The predicted molar refractivity (Wildman–Crippen MR) is 101 cm³/mol. The van der Waals surface area contributed by atoms with Crippen LogP contribution in [-0.4, -0.2) is 47.0 Å². The number of anilines is 2. The number of aromatic nitrogens is 3. The topological polar surface area (TPSA) is 85.9 Å². The van der Waals surface area contributed by atoms with E-state index in [2.05, 4.69) is 30.5 Å². The summed E-state index contributed by atoms with van der Waals surface area (Å²) in [7, 11) is 0. The molecule has 1 aliphatic heterocycles. The van der Waals surface area contributed by atoms with E-state index < -0.39 is 0 Å². The van der Waals surface area contributed by atoms with Gasteiger partial charge in [0.2, 0.25) is 0 Å². The van der Waals surface area contributed by atoms with Gasteiger partial charge >= 0.3 is 0 Å². The van der Waals surface area contributed by atoms with Gasteiger partial charge in [0.05, 0.1) is 23.3 Å². The molecule has 3 N–H and O–H groups in total. The van der Waals surface area contributed by atoms with E-state index in [0.29, 0.717) is 11.4 Å². The van der Waals surface area contributed by atoms with Gasteiger partial charge in [0.15, 0.2) is 0 Å². The monoisotopic (exact) mass is 348 g/mol. The van der Waals surface area contributed by atoms with E-state index >= 15 is 0 Å². The molecule has 0 aliphatic carbocycles. The lowest BCUT2D eigenvalue weighted by Gasteiger charge is -2.30. The molecule has 0 atom stereocenters. The fourth-order valence-corrected chi connectivity index (χ4v) is 3.06. The van der Waals surface area contributed by atoms with Crippen molar-refractivity contribution < 1.29 is 4.79 Å². The van der Waals surface area contributed by atoms with Gasteiger partial charge in [0.25, 0.3) is 5.91 Å². The number of carbonyl (C=O) groups excluding carboxylic acids is 1. The third-order valence-corrected chi connectivity index (χ3v) is 4.38. The minimum atomic E-state index is -0.244. The van der Waals surface area contributed by atoms with E-state index in [-0.39, 0.29) is 5.91 Å². The number of hydrogen-bond donors (Lipinski definition) is 3. The molecule has 1 saturated heterocycles. The maximum Gasteiger partial charge on any atom is 0.274 e.